The van der Waals surface area contributed by atoms with Crippen molar-refractivity contribution in [2.24, 2.45) is 0 Å². The Bertz CT molecular complexity index is 1090. The molecule has 2 heterocycles. The van der Waals surface area contributed by atoms with E-state index in [4.69, 9.17) is 4.74 Å². The molecule has 28 heavy (non-hydrogen) atoms. The summed E-state index contributed by atoms with van der Waals surface area (Å²) in [6.45, 7) is 0.646. The Morgan fingerprint density at radius 2 is 1.86 bits per heavy atom. The van der Waals surface area contributed by atoms with Gasteiger partial charge in [-0.1, -0.05) is 48.5 Å². The molecule has 1 fully saturated rings. The number of ether oxygens (including phenoxy) is 1. The first-order valence-electron chi connectivity index (χ1n) is 9.56. The zero-order valence-corrected chi connectivity index (χ0v) is 15.4. The third-order valence-corrected chi connectivity index (χ3v) is 5.56. The van der Waals surface area contributed by atoms with Gasteiger partial charge in [0.2, 0.25) is 0 Å². The van der Waals surface area contributed by atoms with Crippen molar-refractivity contribution in [3.63, 3.8) is 0 Å². The van der Waals surface area contributed by atoms with Crippen LogP contribution in [0.1, 0.15) is 34.8 Å². The lowest BCUT2D eigenvalue weighted by molar-refractivity contribution is -0.118. The van der Waals surface area contributed by atoms with Crippen molar-refractivity contribution in [2.75, 3.05) is 18.5 Å². The number of carbonyl (C=O) groups excluding carboxylic acids is 2. The number of para-hydroxylation sites is 1. The number of rotatable bonds is 2. The van der Waals surface area contributed by atoms with Crippen LogP contribution in [-0.2, 0) is 4.79 Å². The molecule has 140 valence electrons. The molecule has 0 saturated carbocycles. The lowest BCUT2D eigenvalue weighted by Gasteiger charge is -2.28. The van der Waals surface area contributed by atoms with Crippen LogP contribution in [-0.4, -0.2) is 29.9 Å². The number of carbonyl (C=O) groups is 2. The van der Waals surface area contributed by atoms with E-state index in [1.54, 1.807) is 18.2 Å². The molecule has 1 atom stereocenters. The highest BCUT2D eigenvalue weighted by molar-refractivity contribution is 6.03. The highest BCUT2D eigenvalue weighted by Gasteiger charge is 2.34. The summed E-state index contributed by atoms with van der Waals surface area (Å²) in [6, 6.07) is 19.9. The molecular weight excluding hydrogens is 352 g/mol. The zero-order chi connectivity index (χ0) is 19.1. The van der Waals surface area contributed by atoms with Gasteiger partial charge in [0.25, 0.3) is 11.8 Å². The lowest BCUT2D eigenvalue weighted by Crippen LogP contribution is -2.32. The van der Waals surface area contributed by atoms with Gasteiger partial charge in [-0.15, -0.1) is 0 Å². The number of nitrogens with zero attached hydrogens (tertiary/aromatic N) is 1. The topological polar surface area (TPSA) is 58.6 Å². The van der Waals surface area contributed by atoms with E-state index in [9.17, 15) is 9.59 Å². The van der Waals surface area contributed by atoms with Crippen LogP contribution in [0.4, 0.5) is 5.69 Å². The number of fused-ring (bicyclic) bond motifs is 2. The van der Waals surface area contributed by atoms with Crippen molar-refractivity contribution in [3.05, 3.63) is 71.8 Å². The van der Waals surface area contributed by atoms with Crippen molar-refractivity contribution < 1.29 is 14.3 Å². The SMILES string of the molecule is O=C1COc2c(cccc2C(=O)N2CCCC2c2cccc3ccccc23)N1. The molecule has 0 spiro atoms. The van der Waals surface area contributed by atoms with Crippen LogP contribution in [0, 0.1) is 0 Å². The molecule has 3 aromatic rings. The van der Waals surface area contributed by atoms with Gasteiger partial charge in [-0.2, -0.15) is 0 Å². The fraction of sp³-hybridized carbons (Fsp3) is 0.217. The fourth-order valence-corrected chi connectivity index (χ4v) is 4.31. The van der Waals surface area contributed by atoms with Crippen LogP contribution in [0.15, 0.2) is 60.7 Å². The first kappa shape index (κ1) is 16.8. The minimum Gasteiger partial charge on any atom is -0.481 e. The standard InChI is InChI=1S/C23H20N2O3/c26-21-14-28-22-18(10-4-11-19(22)24-21)23(27)25-13-5-12-20(25)17-9-3-7-15-6-1-2-8-16(15)17/h1-4,6-11,20H,5,12-14H2,(H,24,26). The number of anilines is 1. The molecule has 0 aromatic heterocycles. The molecule has 3 aromatic carbocycles. The molecular formula is C23H20N2O3. The minimum atomic E-state index is -0.202. The summed E-state index contributed by atoms with van der Waals surface area (Å²) >= 11 is 0. The Labute approximate surface area is 162 Å². The summed E-state index contributed by atoms with van der Waals surface area (Å²) in [5.74, 6) is 0.214. The van der Waals surface area contributed by atoms with Crippen LogP contribution >= 0.6 is 0 Å². The van der Waals surface area contributed by atoms with Crippen LogP contribution in [0.5, 0.6) is 5.75 Å². The summed E-state index contributed by atoms with van der Waals surface area (Å²) in [5, 5.41) is 5.15. The number of amides is 2. The molecule has 2 aliphatic heterocycles. The van der Waals surface area contributed by atoms with E-state index >= 15 is 0 Å². The van der Waals surface area contributed by atoms with Crippen LogP contribution in [0.2, 0.25) is 0 Å². The average Bonchev–Trinajstić information content (AvgIpc) is 3.22. The summed E-state index contributed by atoms with van der Waals surface area (Å²) in [7, 11) is 0. The number of nitrogens with one attached hydrogen (secondary N) is 1. The van der Waals surface area contributed by atoms with E-state index in [1.807, 2.05) is 17.0 Å². The van der Waals surface area contributed by atoms with Gasteiger partial charge >= 0.3 is 0 Å². The van der Waals surface area contributed by atoms with Gasteiger partial charge in [0.1, 0.15) is 0 Å². The summed E-state index contributed by atoms with van der Waals surface area (Å²) in [4.78, 5) is 27.0. The van der Waals surface area contributed by atoms with Gasteiger partial charge in [-0.05, 0) is 41.3 Å². The normalized spacial score (nSPS) is 18.5. The van der Waals surface area contributed by atoms with Gasteiger partial charge in [-0.3, -0.25) is 9.59 Å². The second kappa shape index (κ2) is 6.68. The number of hydrogen-bond acceptors (Lipinski definition) is 3. The zero-order valence-electron chi connectivity index (χ0n) is 15.4. The molecule has 0 radical (unpaired) electrons. The fourth-order valence-electron chi connectivity index (χ4n) is 4.31. The van der Waals surface area contributed by atoms with E-state index in [1.165, 1.54) is 16.3 Å². The van der Waals surface area contributed by atoms with E-state index in [2.05, 4.69) is 35.6 Å². The Balaban J connectivity index is 1.54. The molecule has 0 aliphatic carbocycles. The van der Waals surface area contributed by atoms with Gasteiger partial charge in [0, 0.05) is 6.54 Å². The molecule has 5 heteroatoms. The second-order valence-electron chi connectivity index (χ2n) is 7.24. The summed E-state index contributed by atoms with van der Waals surface area (Å²) in [6.07, 6.45) is 1.90. The van der Waals surface area contributed by atoms with Crippen LogP contribution < -0.4 is 10.1 Å². The molecule has 5 nitrogen and oxygen atoms in total. The van der Waals surface area contributed by atoms with Crippen LogP contribution in [0.3, 0.4) is 0 Å². The minimum absolute atomic E-state index is 0.0348. The highest BCUT2D eigenvalue weighted by Crippen LogP contribution is 2.39. The smallest absolute Gasteiger partial charge is 0.262 e. The second-order valence-corrected chi connectivity index (χ2v) is 7.24. The van der Waals surface area contributed by atoms with Crippen molar-refractivity contribution in [2.45, 2.75) is 18.9 Å². The largest absolute Gasteiger partial charge is 0.481 e. The lowest BCUT2D eigenvalue weighted by atomic mass is 9.97. The molecule has 2 amide bonds. The van der Waals surface area contributed by atoms with Gasteiger partial charge in [0.05, 0.1) is 17.3 Å². The molecule has 0 bridgehead atoms. The first-order chi connectivity index (χ1) is 13.7. The third kappa shape index (κ3) is 2.71. The monoisotopic (exact) mass is 372 g/mol. The predicted molar refractivity (Wildman–Crippen MR) is 108 cm³/mol. The molecule has 1 N–H and O–H groups in total. The molecule has 1 saturated heterocycles. The van der Waals surface area contributed by atoms with Crippen molar-refractivity contribution in [1.29, 1.82) is 0 Å². The summed E-state index contributed by atoms with van der Waals surface area (Å²) in [5.41, 5.74) is 2.25. The quantitative estimate of drug-likeness (QED) is 0.735. The Hall–Kier alpha value is -3.34. The maximum atomic E-state index is 13.5. The Morgan fingerprint density at radius 1 is 1.04 bits per heavy atom. The predicted octanol–water partition coefficient (Wildman–Crippen LogP) is 4.15. The van der Waals surface area contributed by atoms with Crippen molar-refractivity contribution in [3.8, 4) is 5.75 Å². The maximum absolute atomic E-state index is 13.5. The van der Waals surface area contributed by atoms with Gasteiger partial charge < -0.3 is 15.0 Å². The third-order valence-electron chi connectivity index (χ3n) is 5.56. The molecule has 2 aliphatic rings. The van der Waals surface area contributed by atoms with E-state index in [-0.39, 0.29) is 24.5 Å². The number of hydrogen-bond donors (Lipinski definition) is 1. The summed E-state index contributed by atoms with van der Waals surface area (Å²) < 4.78 is 5.60. The van der Waals surface area contributed by atoms with Crippen LogP contribution in [0.25, 0.3) is 10.8 Å². The first-order valence-corrected chi connectivity index (χ1v) is 9.56. The van der Waals surface area contributed by atoms with Gasteiger partial charge in [0.15, 0.2) is 12.4 Å². The Morgan fingerprint density at radius 3 is 2.79 bits per heavy atom. The molecule has 5 rings (SSSR count). The molecule has 1 unspecified atom stereocenters. The van der Waals surface area contributed by atoms with E-state index < -0.39 is 0 Å². The van der Waals surface area contributed by atoms with E-state index in [0.29, 0.717) is 23.5 Å². The highest BCUT2D eigenvalue weighted by atomic mass is 16.5. The maximum Gasteiger partial charge on any atom is 0.262 e. The number of likely N-dealkylation sites (tertiary alicyclic amines) is 1. The Kier molecular flexibility index (Phi) is 4.01. The average molecular weight is 372 g/mol. The van der Waals surface area contributed by atoms with Crippen molar-refractivity contribution >= 4 is 28.3 Å². The van der Waals surface area contributed by atoms with Gasteiger partial charge in [-0.25, -0.2) is 0 Å². The van der Waals surface area contributed by atoms with E-state index in [0.717, 1.165) is 12.8 Å². The van der Waals surface area contributed by atoms with Crippen molar-refractivity contribution in [1.82, 2.24) is 4.90 Å². The number of benzene rings is 3.